The van der Waals surface area contributed by atoms with Crippen LogP contribution in [-0.2, 0) is 10.0 Å². The number of benzene rings is 1. The van der Waals surface area contributed by atoms with Gasteiger partial charge < -0.3 is 5.43 Å². The molecule has 0 unspecified atom stereocenters. The maximum Gasteiger partial charge on any atom is 0.257 e. The van der Waals surface area contributed by atoms with Crippen LogP contribution in [0.1, 0.15) is 44.7 Å². The summed E-state index contributed by atoms with van der Waals surface area (Å²) in [6.07, 6.45) is 4.47. The number of allylic oxidation sites excluding steroid dienone is 2. The van der Waals surface area contributed by atoms with Crippen LogP contribution < -0.4 is 10.3 Å². The van der Waals surface area contributed by atoms with Crippen LogP contribution in [0, 0.1) is 30.6 Å². The van der Waals surface area contributed by atoms with Gasteiger partial charge in [0.15, 0.2) is 0 Å². The van der Waals surface area contributed by atoms with E-state index in [-0.39, 0.29) is 10.8 Å². The third kappa shape index (κ3) is 2.41. The first-order valence-corrected chi connectivity index (χ1v) is 9.64. The van der Waals surface area contributed by atoms with Crippen molar-refractivity contribution < 1.29 is 8.42 Å². The number of sulfonamides is 1. The van der Waals surface area contributed by atoms with E-state index in [1.165, 1.54) is 6.42 Å². The highest BCUT2D eigenvalue weighted by Crippen LogP contribution is 2.64. The van der Waals surface area contributed by atoms with E-state index in [0.29, 0.717) is 10.8 Å². The fraction of sp³-hybridized carbons (Fsp3) is 0.556. The second kappa shape index (κ2) is 5.08. The maximum absolute atomic E-state index is 12.6. The lowest BCUT2D eigenvalue weighted by atomic mass is 9.69. The molecule has 1 fully saturated rings. The predicted octanol–water partition coefficient (Wildman–Crippen LogP) is 3.43. The SMILES string of the molecule is Cc1ccc(S(=O)(=O)NNC2=C[C@@H]3CC[C@]2(C)C3(C)C)c(C)c1. The van der Waals surface area contributed by atoms with E-state index in [1.807, 2.05) is 26.0 Å². The lowest BCUT2D eigenvalue weighted by Crippen LogP contribution is -2.43. The summed E-state index contributed by atoms with van der Waals surface area (Å²) in [5.74, 6) is 0.514. The minimum Gasteiger partial charge on any atom is -0.312 e. The lowest BCUT2D eigenvalue weighted by Gasteiger charge is -2.37. The molecule has 3 rings (SSSR count). The highest BCUT2D eigenvalue weighted by molar-refractivity contribution is 7.89. The van der Waals surface area contributed by atoms with Gasteiger partial charge >= 0.3 is 0 Å². The van der Waals surface area contributed by atoms with Crippen molar-refractivity contribution in [1.82, 2.24) is 10.3 Å². The van der Waals surface area contributed by atoms with Gasteiger partial charge in [-0.25, -0.2) is 8.42 Å². The molecular weight excluding hydrogens is 308 g/mol. The Kier molecular flexibility index (Phi) is 3.65. The molecule has 1 aromatic rings. The number of hydrogen-bond acceptors (Lipinski definition) is 3. The van der Waals surface area contributed by atoms with Crippen molar-refractivity contribution in [3.05, 3.63) is 41.1 Å². The van der Waals surface area contributed by atoms with Crippen molar-refractivity contribution in [3.63, 3.8) is 0 Å². The molecule has 5 heteroatoms. The molecule has 2 aliphatic carbocycles. The minimum atomic E-state index is -3.58. The number of aryl methyl sites for hydroxylation is 2. The van der Waals surface area contributed by atoms with Crippen molar-refractivity contribution in [1.29, 1.82) is 0 Å². The monoisotopic (exact) mass is 334 g/mol. The Bertz CT molecular complexity index is 780. The van der Waals surface area contributed by atoms with E-state index in [9.17, 15) is 8.42 Å². The molecule has 4 nitrogen and oxygen atoms in total. The highest BCUT2D eigenvalue weighted by Gasteiger charge is 2.57. The van der Waals surface area contributed by atoms with Crippen LogP contribution in [-0.4, -0.2) is 8.42 Å². The zero-order valence-electron chi connectivity index (χ0n) is 14.5. The normalized spacial score (nSPS) is 28.7. The van der Waals surface area contributed by atoms with Gasteiger partial charge in [0.25, 0.3) is 10.0 Å². The first-order chi connectivity index (χ1) is 10.6. The third-order valence-corrected chi connectivity index (χ3v) is 7.61. The molecule has 0 aromatic heterocycles. The average Bonchev–Trinajstić information content (AvgIpc) is 2.77. The highest BCUT2D eigenvalue weighted by atomic mass is 32.2. The number of fused-ring (bicyclic) bond motifs is 2. The molecule has 2 bridgehead atoms. The smallest absolute Gasteiger partial charge is 0.257 e. The standard InChI is InChI=1S/C18H26N2O2S/c1-12-6-7-15(13(2)10-12)23(21,22)20-19-16-11-14-8-9-18(16,5)17(14,3)4/h6-7,10-11,14,19-20H,8-9H2,1-5H3/t14-,18-/m0/s1. The summed E-state index contributed by atoms with van der Waals surface area (Å²) in [4.78, 5) is 2.90. The second-order valence-corrected chi connectivity index (χ2v) is 9.43. The van der Waals surface area contributed by atoms with Gasteiger partial charge in [-0.2, -0.15) is 0 Å². The summed E-state index contributed by atoms with van der Waals surface area (Å²) in [5, 5.41) is 0. The molecular formula is C18H26N2O2S. The molecule has 0 aliphatic heterocycles. The summed E-state index contributed by atoms with van der Waals surface area (Å²) in [5.41, 5.74) is 6.00. The average molecular weight is 334 g/mol. The van der Waals surface area contributed by atoms with Gasteiger partial charge in [0.05, 0.1) is 4.90 Å². The molecule has 0 amide bonds. The molecule has 0 saturated heterocycles. The molecule has 23 heavy (non-hydrogen) atoms. The Balaban J connectivity index is 1.80. The fourth-order valence-corrected chi connectivity index (χ4v) is 5.24. The van der Waals surface area contributed by atoms with Crippen LogP contribution in [0.4, 0.5) is 0 Å². The summed E-state index contributed by atoms with van der Waals surface area (Å²) in [6.45, 7) is 10.5. The van der Waals surface area contributed by atoms with Crippen molar-refractivity contribution in [3.8, 4) is 0 Å². The maximum atomic E-state index is 12.6. The largest absolute Gasteiger partial charge is 0.312 e. The molecule has 0 radical (unpaired) electrons. The van der Waals surface area contributed by atoms with Gasteiger partial charge in [0.1, 0.15) is 0 Å². The summed E-state index contributed by atoms with van der Waals surface area (Å²) < 4.78 is 25.2. The molecule has 126 valence electrons. The van der Waals surface area contributed by atoms with Gasteiger partial charge in [0.2, 0.25) is 0 Å². The lowest BCUT2D eigenvalue weighted by molar-refractivity contribution is 0.163. The summed E-state index contributed by atoms with van der Waals surface area (Å²) >= 11 is 0. The van der Waals surface area contributed by atoms with Crippen molar-refractivity contribution in [2.75, 3.05) is 0 Å². The van der Waals surface area contributed by atoms with Gasteiger partial charge in [-0.3, -0.25) is 0 Å². The first-order valence-electron chi connectivity index (χ1n) is 8.15. The molecule has 2 N–H and O–H groups in total. The van der Waals surface area contributed by atoms with Gasteiger partial charge in [-0.15, -0.1) is 4.83 Å². The van der Waals surface area contributed by atoms with E-state index < -0.39 is 10.0 Å². The van der Waals surface area contributed by atoms with Crippen molar-refractivity contribution in [2.24, 2.45) is 16.7 Å². The van der Waals surface area contributed by atoms with Gasteiger partial charge in [-0.1, -0.05) is 44.5 Å². The third-order valence-electron chi connectivity index (χ3n) is 6.21. The number of hydrazine groups is 1. The Hall–Kier alpha value is -1.33. The minimum absolute atomic E-state index is 0.00249. The zero-order valence-corrected chi connectivity index (χ0v) is 15.3. The second-order valence-electron chi connectivity index (χ2n) is 7.78. The molecule has 2 aliphatic rings. The molecule has 1 saturated carbocycles. The van der Waals surface area contributed by atoms with Gasteiger partial charge in [0, 0.05) is 11.1 Å². The summed E-state index contributed by atoms with van der Waals surface area (Å²) in [7, 11) is -3.58. The van der Waals surface area contributed by atoms with Crippen LogP contribution in [0.25, 0.3) is 0 Å². The first kappa shape index (κ1) is 16.5. The Morgan fingerprint density at radius 2 is 1.87 bits per heavy atom. The van der Waals surface area contributed by atoms with Crippen LogP contribution in [0.5, 0.6) is 0 Å². The number of rotatable bonds is 4. The predicted molar refractivity (Wildman–Crippen MR) is 92.1 cm³/mol. The Morgan fingerprint density at radius 1 is 1.17 bits per heavy atom. The van der Waals surface area contributed by atoms with Crippen molar-refractivity contribution in [2.45, 2.75) is 52.4 Å². The van der Waals surface area contributed by atoms with Crippen LogP contribution in [0.2, 0.25) is 0 Å². The molecule has 0 spiro atoms. The molecule has 2 atom stereocenters. The van der Waals surface area contributed by atoms with Crippen LogP contribution in [0.15, 0.2) is 34.9 Å². The van der Waals surface area contributed by atoms with E-state index in [2.05, 4.69) is 37.1 Å². The fourth-order valence-electron chi connectivity index (χ4n) is 4.15. The Morgan fingerprint density at radius 3 is 2.39 bits per heavy atom. The Labute approximate surface area is 139 Å². The van der Waals surface area contributed by atoms with E-state index in [0.717, 1.165) is 23.2 Å². The van der Waals surface area contributed by atoms with Crippen molar-refractivity contribution >= 4 is 10.0 Å². The number of hydrogen-bond donors (Lipinski definition) is 2. The van der Waals surface area contributed by atoms with Crippen LogP contribution in [0.3, 0.4) is 0 Å². The number of nitrogens with one attached hydrogen (secondary N) is 2. The van der Waals surface area contributed by atoms with E-state index >= 15 is 0 Å². The van der Waals surface area contributed by atoms with Gasteiger partial charge in [-0.05, 0) is 49.7 Å². The topological polar surface area (TPSA) is 58.2 Å². The molecule has 0 heterocycles. The molecule has 1 aromatic carbocycles. The van der Waals surface area contributed by atoms with E-state index in [4.69, 9.17) is 0 Å². The zero-order chi connectivity index (χ0) is 17.0. The summed E-state index contributed by atoms with van der Waals surface area (Å²) in [6, 6.07) is 5.37. The van der Waals surface area contributed by atoms with Crippen LogP contribution >= 0.6 is 0 Å². The quantitative estimate of drug-likeness (QED) is 0.830. The van der Waals surface area contributed by atoms with E-state index in [1.54, 1.807) is 6.07 Å².